The van der Waals surface area contributed by atoms with Gasteiger partial charge in [0.1, 0.15) is 23.7 Å². The van der Waals surface area contributed by atoms with Gasteiger partial charge >= 0.3 is 0 Å². The number of nitrogens with one attached hydrogen (secondary N) is 1. The summed E-state index contributed by atoms with van der Waals surface area (Å²) in [6.07, 6.45) is 0. The number of para-hydroxylation sites is 1. The monoisotopic (exact) mass is 304 g/mol. The molecule has 1 N–H and O–H groups in total. The Morgan fingerprint density at radius 3 is 2.90 bits per heavy atom. The van der Waals surface area contributed by atoms with Crippen LogP contribution < -0.4 is 4.74 Å². The summed E-state index contributed by atoms with van der Waals surface area (Å²) in [5.41, 5.74) is 1.58. The molecule has 1 aliphatic heterocycles. The van der Waals surface area contributed by atoms with Gasteiger partial charge in [0.15, 0.2) is 10.6 Å². The maximum atomic E-state index is 13.9. The summed E-state index contributed by atoms with van der Waals surface area (Å²) in [4.78, 5) is 2.81. The summed E-state index contributed by atoms with van der Waals surface area (Å²) < 4.78 is 35.1. The number of aromatic nitrogens is 2. The van der Waals surface area contributed by atoms with Crippen LogP contribution in [-0.4, -0.2) is 16.2 Å². The molecule has 3 nitrogen and oxygen atoms in total. The van der Waals surface area contributed by atoms with Crippen molar-refractivity contribution in [1.29, 1.82) is 0 Å². The second kappa shape index (κ2) is 4.39. The van der Waals surface area contributed by atoms with Crippen LogP contribution >= 0.6 is 12.2 Å². The van der Waals surface area contributed by atoms with Gasteiger partial charge in [0.05, 0.1) is 11.6 Å². The number of rotatable bonds is 1. The number of hydrogen-bond donors (Lipinski definition) is 1. The van der Waals surface area contributed by atoms with Crippen LogP contribution in [-0.2, 0) is 0 Å². The first kappa shape index (κ1) is 12.5. The van der Waals surface area contributed by atoms with E-state index in [4.69, 9.17) is 17.0 Å². The minimum atomic E-state index is -0.651. The fourth-order valence-electron chi connectivity index (χ4n) is 2.82. The van der Waals surface area contributed by atoms with Crippen LogP contribution in [0.2, 0.25) is 0 Å². The third-order valence-corrected chi connectivity index (χ3v) is 4.03. The largest absolute Gasteiger partial charge is 0.491 e. The third-order valence-electron chi connectivity index (χ3n) is 3.73. The molecule has 1 atom stereocenters. The van der Waals surface area contributed by atoms with E-state index < -0.39 is 11.6 Å². The van der Waals surface area contributed by atoms with Crippen molar-refractivity contribution in [1.82, 2.24) is 9.55 Å². The molecule has 6 heteroatoms. The smallest absolute Gasteiger partial charge is 0.178 e. The number of imidazole rings is 1. The number of aromatic amines is 1. The summed E-state index contributed by atoms with van der Waals surface area (Å²) in [6.45, 7) is 0.388. The zero-order chi connectivity index (χ0) is 14.6. The minimum Gasteiger partial charge on any atom is -0.491 e. The molecule has 3 aromatic rings. The van der Waals surface area contributed by atoms with Gasteiger partial charge in [-0.3, -0.25) is 0 Å². The van der Waals surface area contributed by atoms with Gasteiger partial charge in [0.25, 0.3) is 0 Å². The van der Waals surface area contributed by atoms with E-state index in [0.717, 1.165) is 17.4 Å². The molecule has 0 aliphatic carbocycles. The van der Waals surface area contributed by atoms with E-state index in [9.17, 15) is 8.78 Å². The standard InChI is InChI=1S/C15H10F2N2OS/c16-8-5-10(17)14-11(6-8)19(15(21)18-14)12-7-20-13-4-2-1-3-9(12)13/h1-6,12H,7H2,(H,18,21). The van der Waals surface area contributed by atoms with Crippen molar-refractivity contribution >= 4 is 23.3 Å². The Kier molecular flexibility index (Phi) is 2.62. The molecule has 106 valence electrons. The van der Waals surface area contributed by atoms with Crippen LogP contribution in [0.1, 0.15) is 11.6 Å². The summed E-state index contributed by atoms with van der Waals surface area (Å²) in [6, 6.07) is 9.53. The van der Waals surface area contributed by atoms with Crippen LogP contribution in [0, 0.1) is 16.4 Å². The Bertz CT molecular complexity index is 916. The Morgan fingerprint density at radius 2 is 2.05 bits per heavy atom. The lowest BCUT2D eigenvalue weighted by Gasteiger charge is -2.12. The van der Waals surface area contributed by atoms with Crippen molar-refractivity contribution in [3.8, 4) is 5.75 Å². The number of nitrogens with zero attached hydrogens (tertiary/aromatic N) is 1. The van der Waals surface area contributed by atoms with Crippen LogP contribution in [0.25, 0.3) is 11.0 Å². The van der Waals surface area contributed by atoms with Gasteiger partial charge in [-0.25, -0.2) is 8.78 Å². The highest BCUT2D eigenvalue weighted by atomic mass is 32.1. The summed E-state index contributed by atoms with van der Waals surface area (Å²) in [7, 11) is 0. The van der Waals surface area contributed by atoms with Gasteiger partial charge in [-0.05, 0) is 24.4 Å². The molecule has 1 aliphatic rings. The highest BCUT2D eigenvalue weighted by Crippen LogP contribution is 2.36. The third kappa shape index (κ3) is 1.79. The van der Waals surface area contributed by atoms with Gasteiger partial charge in [-0.2, -0.15) is 0 Å². The predicted molar refractivity (Wildman–Crippen MR) is 77.1 cm³/mol. The van der Waals surface area contributed by atoms with E-state index in [2.05, 4.69) is 4.98 Å². The molecule has 21 heavy (non-hydrogen) atoms. The number of hydrogen-bond acceptors (Lipinski definition) is 2. The molecule has 0 bridgehead atoms. The van der Waals surface area contributed by atoms with E-state index in [1.54, 1.807) is 4.57 Å². The molecule has 0 radical (unpaired) electrons. The van der Waals surface area contributed by atoms with Crippen molar-refractivity contribution in [2.45, 2.75) is 6.04 Å². The first-order valence-electron chi connectivity index (χ1n) is 6.46. The number of halogens is 2. The Labute approximate surface area is 123 Å². The van der Waals surface area contributed by atoms with Crippen LogP contribution in [0.15, 0.2) is 36.4 Å². The lowest BCUT2D eigenvalue weighted by Crippen LogP contribution is -2.12. The maximum Gasteiger partial charge on any atom is 0.178 e. The average molecular weight is 304 g/mol. The van der Waals surface area contributed by atoms with Crippen molar-refractivity contribution < 1.29 is 13.5 Å². The van der Waals surface area contributed by atoms with E-state index in [1.807, 2.05) is 24.3 Å². The fraction of sp³-hybridized carbons (Fsp3) is 0.133. The van der Waals surface area contributed by atoms with Crippen molar-refractivity contribution in [3.63, 3.8) is 0 Å². The first-order valence-corrected chi connectivity index (χ1v) is 6.87. The molecule has 4 rings (SSSR count). The number of benzene rings is 2. The zero-order valence-electron chi connectivity index (χ0n) is 10.8. The van der Waals surface area contributed by atoms with Crippen molar-refractivity contribution in [2.24, 2.45) is 0 Å². The predicted octanol–water partition coefficient (Wildman–Crippen LogP) is 3.96. The van der Waals surface area contributed by atoms with E-state index in [0.29, 0.717) is 16.9 Å². The molecular formula is C15H10F2N2OS. The van der Waals surface area contributed by atoms with Crippen molar-refractivity contribution in [3.05, 3.63) is 58.4 Å². The number of H-pyrrole nitrogens is 1. The average Bonchev–Trinajstić information content (AvgIpc) is 3.00. The Hall–Kier alpha value is -2.21. The Morgan fingerprint density at radius 1 is 1.24 bits per heavy atom. The molecule has 0 fully saturated rings. The molecular weight excluding hydrogens is 294 g/mol. The maximum absolute atomic E-state index is 13.9. The zero-order valence-corrected chi connectivity index (χ0v) is 11.6. The molecule has 1 unspecified atom stereocenters. The molecule has 0 spiro atoms. The van der Waals surface area contributed by atoms with E-state index in [-0.39, 0.29) is 11.6 Å². The fourth-order valence-corrected chi connectivity index (χ4v) is 3.15. The van der Waals surface area contributed by atoms with Crippen molar-refractivity contribution in [2.75, 3.05) is 6.61 Å². The second-order valence-corrected chi connectivity index (χ2v) is 5.33. The van der Waals surface area contributed by atoms with E-state index >= 15 is 0 Å². The normalized spacial score (nSPS) is 17.0. The highest BCUT2D eigenvalue weighted by molar-refractivity contribution is 7.71. The van der Waals surface area contributed by atoms with Gasteiger partial charge < -0.3 is 14.3 Å². The highest BCUT2D eigenvalue weighted by Gasteiger charge is 2.27. The molecule has 1 aromatic heterocycles. The summed E-state index contributed by atoms with van der Waals surface area (Å²) >= 11 is 5.28. The number of fused-ring (bicyclic) bond motifs is 2. The summed E-state index contributed by atoms with van der Waals surface area (Å²) in [5.74, 6) is -0.507. The van der Waals surface area contributed by atoms with Crippen LogP contribution in [0.4, 0.5) is 8.78 Å². The van der Waals surface area contributed by atoms with Crippen LogP contribution in [0.5, 0.6) is 5.75 Å². The van der Waals surface area contributed by atoms with E-state index in [1.165, 1.54) is 6.07 Å². The van der Waals surface area contributed by atoms with Gasteiger partial charge in [0.2, 0.25) is 0 Å². The second-order valence-electron chi connectivity index (χ2n) is 4.95. The first-order chi connectivity index (χ1) is 10.1. The van der Waals surface area contributed by atoms with Gasteiger partial charge in [0, 0.05) is 11.6 Å². The minimum absolute atomic E-state index is 0.191. The quantitative estimate of drug-likeness (QED) is 0.690. The summed E-state index contributed by atoms with van der Waals surface area (Å²) in [5, 5.41) is 0. The molecule has 2 heterocycles. The SMILES string of the molecule is Fc1cc(F)c2[nH]c(=S)n(C3COc4ccccc43)c2c1. The molecule has 0 saturated carbocycles. The van der Waals surface area contributed by atoms with Crippen LogP contribution in [0.3, 0.4) is 0 Å². The molecule has 0 amide bonds. The lowest BCUT2D eigenvalue weighted by atomic mass is 10.1. The molecule has 2 aromatic carbocycles. The molecule has 0 saturated heterocycles. The van der Waals surface area contributed by atoms with Gasteiger partial charge in [-0.15, -0.1) is 0 Å². The topological polar surface area (TPSA) is 29.9 Å². The number of ether oxygens (including phenoxy) is 1. The van der Waals surface area contributed by atoms with Gasteiger partial charge in [-0.1, -0.05) is 18.2 Å². The lowest BCUT2D eigenvalue weighted by molar-refractivity contribution is 0.318. The Balaban J connectivity index is 2.00.